The van der Waals surface area contributed by atoms with Gasteiger partial charge in [-0.25, -0.2) is 0 Å². The summed E-state index contributed by atoms with van der Waals surface area (Å²) in [4.78, 5) is 2.24. The normalized spacial score (nSPS) is 12.6. The lowest BCUT2D eigenvalue weighted by molar-refractivity contribution is 0.145. The molecule has 24 heavy (non-hydrogen) atoms. The maximum absolute atomic E-state index is 11.6. The van der Waals surface area contributed by atoms with Crippen LogP contribution in [0.15, 0.2) is 65.8 Å². The second-order valence-corrected chi connectivity index (χ2v) is 5.77. The predicted molar refractivity (Wildman–Crippen MR) is 97.5 cm³/mol. The molecule has 0 radical (unpaired) electrons. The van der Waals surface area contributed by atoms with Gasteiger partial charge in [0.25, 0.3) is 0 Å². The van der Waals surface area contributed by atoms with Gasteiger partial charge in [-0.2, -0.15) is 0 Å². The van der Waals surface area contributed by atoms with Gasteiger partial charge in [0.1, 0.15) is 0 Å². The van der Waals surface area contributed by atoms with E-state index in [0.29, 0.717) is 23.3 Å². The predicted octanol–water partition coefficient (Wildman–Crippen LogP) is 3.48. The van der Waals surface area contributed by atoms with Gasteiger partial charge in [0.15, 0.2) is 5.60 Å². The van der Waals surface area contributed by atoms with Crippen LogP contribution >= 0.6 is 0 Å². The Balaban J connectivity index is 2.42. The molecule has 2 aromatic rings. The first kappa shape index (κ1) is 18.2. The second kappa shape index (κ2) is 8.62. The number of nitrogens with zero attached hydrogens (tertiary/aromatic N) is 2. The van der Waals surface area contributed by atoms with Crippen molar-refractivity contribution in [1.82, 2.24) is 4.90 Å². The first-order valence-corrected chi connectivity index (χ1v) is 8.44. The van der Waals surface area contributed by atoms with E-state index in [2.05, 4.69) is 23.9 Å². The summed E-state index contributed by atoms with van der Waals surface area (Å²) in [5.41, 5.74) is 0.309. The number of oxime groups is 1. The zero-order chi connectivity index (χ0) is 17.4. The van der Waals surface area contributed by atoms with Crippen molar-refractivity contribution in [2.45, 2.75) is 25.9 Å². The number of benzene rings is 2. The highest BCUT2D eigenvalue weighted by atomic mass is 16.4. The highest BCUT2D eigenvalue weighted by Crippen LogP contribution is 2.32. The van der Waals surface area contributed by atoms with Crippen LogP contribution < -0.4 is 0 Å². The molecule has 0 aliphatic heterocycles. The van der Waals surface area contributed by atoms with Gasteiger partial charge in [0.2, 0.25) is 0 Å². The fraction of sp³-hybridized carbons (Fsp3) is 0.350. The van der Waals surface area contributed by atoms with E-state index in [9.17, 15) is 10.3 Å². The molecule has 0 amide bonds. The average molecular weight is 326 g/mol. The van der Waals surface area contributed by atoms with E-state index < -0.39 is 5.60 Å². The Bertz CT molecular complexity index is 598. The molecule has 2 N–H and O–H groups in total. The summed E-state index contributed by atoms with van der Waals surface area (Å²) in [7, 11) is 0. The molecule has 0 unspecified atom stereocenters. The first-order chi connectivity index (χ1) is 11.7. The molecule has 0 spiro atoms. The van der Waals surface area contributed by atoms with Crippen molar-refractivity contribution >= 4 is 5.71 Å². The van der Waals surface area contributed by atoms with Gasteiger partial charge in [0.05, 0.1) is 5.71 Å². The highest BCUT2D eigenvalue weighted by Gasteiger charge is 2.37. The standard InChI is InChI=1S/C20H26N2O2/c1-3-22(4-2)16-15-19(21-24)20(23,17-11-7-5-8-12-17)18-13-9-6-10-14-18/h5-14,23-24H,3-4,15-16H2,1-2H3/b21-19-. The summed E-state index contributed by atoms with van der Waals surface area (Å²) in [6, 6.07) is 18.7. The molecule has 0 heterocycles. The van der Waals surface area contributed by atoms with E-state index in [0.717, 1.165) is 19.6 Å². The van der Waals surface area contributed by atoms with E-state index in [1.165, 1.54) is 0 Å². The Morgan fingerprint density at radius 2 is 1.38 bits per heavy atom. The molecule has 4 heteroatoms. The molecule has 128 valence electrons. The minimum Gasteiger partial charge on any atom is -0.411 e. The molecule has 0 aliphatic rings. The molecule has 0 aliphatic carbocycles. The fourth-order valence-electron chi connectivity index (χ4n) is 2.97. The third kappa shape index (κ3) is 3.83. The molecule has 0 saturated heterocycles. The van der Waals surface area contributed by atoms with Crippen LogP contribution in [0.25, 0.3) is 0 Å². The van der Waals surface area contributed by atoms with Gasteiger partial charge in [-0.05, 0) is 24.2 Å². The van der Waals surface area contributed by atoms with E-state index >= 15 is 0 Å². The van der Waals surface area contributed by atoms with Gasteiger partial charge < -0.3 is 15.2 Å². The SMILES string of the molecule is CCN(CC)CC/C(=N/O)C(O)(c1ccccc1)c1ccccc1. The monoisotopic (exact) mass is 326 g/mol. The number of hydrogen-bond donors (Lipinski definition) is 2. The van der Waals surface area contributed by atoms with Crippen LogP contribution in [0.2, 0.25) is 0 Å². The number of aliphatic hydroxyl groups is 1. The Labute approximate surface area is 144 Å². The third-order valence-corrected chi connectivity index (χ3v) is 4.48. The molecule has 4 nitrogen and oxygen atoms in total. The van der Waals surface area contributed by atoms with Crippen molar-refractivity contribution in [3.63, 3.8) is 0 Å². The largest absolute Gasteiger partial charge is 0.411 e. The van der Waals surface area contributed by atoms with E-state index in [1.54, 1.807) is 0 Å². The summed E-state index contributed by atoms with van der Waals surface area (Å²) in [6.07, 6.45) is 0.485. The Morgan fingerprint density at radius 3 is 1.75 bits per heavy atom. The summed E-state index contributed by atoms with van der Waals surface area (Å²) < 4.78 is 0. The number of rotatable bonds is 8. The highest BCUT2D eigenvalue weighted by molar-refractivity contribution is 5.96. The maximum Gasteiger partial charge on any atom is 0.156 e. The van der Waals surface area contributed by atoms with Crippen LogP contribution in [0.1, 0.15) is 31.4 Å². The molecule has 0 bridgehead atoms. The minimum absolute atomic E-state index is 0.354. The first-order valence-electron chi connectivity index (χ1n) is 8.44. The quantitative estimate of drug-likeness (QED) is 0.443. The van der Waals surface area contributed by atoms with Crippen LogP contribution in [-0.4, -0.2) is 40.6 Å². The smallest absolute Gasteiger partial charge is 0.156 e. The Kier molecular flexibility index (Phi) is 6.53. The van der Waals surface area contributed by atoms with E-state index in [-0.39, 0.29) is 0 Å². The molecule has 0 fully saturated rings. The van der Waals surface area contributed by atoms with Gasteiger partial charge >= 0.3 is 0 Å². The van der Waals surface area contributed by atoms with Crippen molar-refractivity contribution in [3.05, 3.63) is 71.8 Å². The van der Waals surface area contributed by atoms with Gasteiger partial charge in [-0.3, -0.25) is 0 Å². The lowest BCUT2D eigenvalue weighted by Gasteiger charge is -2.31. The maximum atomic E-state index is 11.6. The molecular weight excluding hydrogens is 300 g/mol. The van der Waals surface area contributed by atoms with Crippen LogP contribution in [-0.2, 0) is 5.60 Å². The zero-order valence-electron chi connectivity index (χ0n) is 14.4. The number of hydrogen-bond acceptors (Lipinski definition) is 4. The molecule has 2 aromatic carbocycles. The lowest BCUT2D eigenvalue weighted by Crippen LogP contribution is -2.39. The third-order valence-electron chi connectivity index (χ3n) is 4.48. The minimum atomic E-state index is -1.44. The summed E-state index contributed by atoms with van der Waals surface area (Å²) in [6.45, 7) is 6.77. The van der Waals surface area contributed by atoms with Gasteiger partial charge in [-0.1, -0.05) is 79.7 Å². The van der Waals surface area contributed by atoms with Crippen LogP contribution in [0, 0.1) is 0 Å². The van der Waals surface area contributed by atoms with Crippen LogP contribution in [0.4, 0.5) is 0 Å². The zero-order valence-corrected chi connectivity index (χ0v) is 14.4. The van der Waals surface area contributed by atoms with Gasteiger partial charge in [-0.15, -0.1) is 0 Å². The van der Waals surface area contributed by atoms with Gasteiger partial charge in [0, 0.05) is 13.0 Å². The van der Waals surface area contributed by atoms with Crippen LogP contribution in [0.5, 0.6) is 0 Å². The molecule has 0 atom stereocenters. The lowest BCUT2D eigenvalue weighted by atomic mass is 9.81. The van der Waals surface area contributed by atoms with Crippen molar-refractivity contribution < 1.29 is 10.3 Å². The Hall–Kier alpha value is -2.17. The van der Waals surface area contributed by atoms with E-state index in [4.69, 9.17) is 0 Å². The molecule has 0 saturated carbocycles. The second-order valence-electron chi connectivity index (χ2n) is 5.77. The van der Waals surface area contributed by atoms with Crippen molar-refractivity contribution in [2.24, 2.45) is 5.16 Å². The fourth-order valence-corrected chi connectivity index (χ4v) is 2.97. The van der Waals surface area contributed by atoms with Crippen molar-refractivity contribution in [1.29, 1.82) is 0 Å². The summed E-state index contributed by atoms with van der Waals surface area (Å²) in [5, 5.41) is 24.7. The molecule has 0 aromatic heterocycles. The molecule has 2 rings (SSSR count). The summed E-state index contributed by atoms with van der Waals surface area (Å²) in [5.74, 6) is 0. The molecular formula is C20H26N2O2. The summed E-state index contributed by atoms with van der Waals surface area (Å²) >= 11 is 0. The average Bonchev–Trinajstić information content (AvgIpc) is 2.66. The van der Waals surface area contributed by atoms with Crippen molar-refractivity contribution in [3.8, 4) is 0 Å². The Morgan fingerprint density at radius 1 is 0.917 bits per heavy atom. The van der Waals surface area contributed by atoms with Crippen LogP contribution in [0.3, 0.4) is 0 Å². The van der Waals surface area contributed by atoms with Crippen molar-refractivity contribution in [2.75, 3.05) is 19.6 Å². The van der Waals surface area contributed by atoms with E-state index in [1.807, 2.05) is 60.7 Å². The topological polar surface area (TPSA) is 56.1 Å².